The van der Waals surface area contributed by atoms with E-state index >= 15 is 0 Å². The molecule has 0 bridgehead atoms. The SMILES string of the molecule is CNCc1c(COC2CCC2)oc2ccccc12. The van der Waals surface area contributed by atoms with E-state index < -0.39 is 0 Å². The summed E-state index contributed by atoms with van der Waals surface area (Å²) in [6.07, 6.45) is 4.14. The minimum atomic E-state index is 0.445. The highest BCUT2D eigenvalue weighted by molar-refractivity contribution is 5.82. The first kappa shape index (κ1) is 11.8. The van der Waals surface area contributed by atoms with E-state index in [0.717, 1.165) is 17.9 Å². The van der Waals surface area contributed by atoms with Crippen LogP contribution >= 0.6 is 0 Å². The van der Waals surface area contributed by atoms with Crippen molar-refractivity contribution in [3.63, 3.8) is 0 Å². The maximum absolute atomic E-state index is 5.91. The number of furan rings is 1. The molecule has 3 rings (SSSR count). The standard InChI is InChI=1S/C15H19NO2/c1-16-9-13-12-7-2-3-8-14(12)18-15(13)10-17-11-5-4-6-11/h2-3,7-8,11,16H,4-6,9-10H2,1H3. The Morgan fingerprint density at radius 2 is 2.17 bits per heavy atom. The summed E-state index contributed by atoms with van der Waals surface area (Å²) in [6.45, 7) is 1.41. The molecule has 0 aliphatic heterocycles. The van der Waals surface area contributed by atoms with Gasteiger partial charge in [0.1, 0.15) is 18.0 Å². The lowest BCUT2D eigenvalue weighted by atomic mass is 9.96. The summed E-state index contributed by atoms with van der Waals surface area (Å²) in [7, 11) is 1.96. The van der Waals surface area contributed by atoms with E-state index in [1.54, 1.807) is 0 Å². The molecule has 1 aromatic heterocycles. The molecule has 0 radical (unpaired) electrons. The predicted molar refractivity (Wildman–Crippen MR) is 71.4 cm³/mol. The number of nitrogens with one attached hydrogen (secondary N) is 1. The molecule has 1 aliphatic carbocycles. The van der Waals surface area contributed by atoms with Crippen molar-refractivity contribution in [2.24, 2.45) is 0 Å². The molecule has 18 heavy (non-hydrogen) atoms. The van der Waals surface area contributed by atoms with Crippen LogP contribution in [0.15, 0.2) is 28.7 Å². The Morgan fingerprint density at radius 1 is 1.33 bits per heavy atom. The molecule has 2 aromatic rings. The van der Waals surface area contributed by atoms with Crippen LogP contribution in [0.25, 0.3) is 11.0 Å². The van der Waals surface area contributed by atoms with Gasteiger partial charge >= 0.3 is 0 Å². The van der Waals surface area contributed by atoms with Crippen LogP contribution in [0.3, 0.4) is 0 Å². The second kappa shape index (κ2) is 5.12. The molecule has 96 valence electrons. The predicted octanol–water partition coefficient (Wildman–Crippen LogP) is 3.22. The Balaban J connectivity index is 1.85. The van der Waals surface area contributed by atoms with Gasteiger partial charge < -0.3 is 14.5 Å². The second-order valence-corrected chi connectivity index (χ2v) is 4.89. The molecule has 1 heterocycles. The summed E-state index contributed by atoms with van der Waals surface area (Å²) in [5.41, 5.74) is 2.18. The van der Waals surface area contributed by atoms with Gasteiger partial charge in [-0.2, -0.15) is 0 Å². The number of fused-ring (bicyclic) bond motifs is 1. The zero-order chi connectivity index (χ0) is 12.4. The van der Waals surface area contributed by atoms with Crippen LogP contribution in [0.1, 0.15) is 30.6 Å². The second-order valence-electron chi connectivity index (χ2n) is 4.89. The Morgan fingerprint density at radius 3 is 2.89 bits per heavy atom. The monoisotopic (exact) mass is 245 g/mol. The van der Waals surface area contributed by atoms with Gasteiger partial charge in [0.2, 0.25) is 0 Å². The maximum Gasteiger partial charge on any atom is 0.135 e. The Hall–Kier alpha value is -1.32. The highest BCUT2D eigenvalue weighted by Gasteiger charge is 2.20. The smallest absolute Gasteiger partial charge is 0.135 e. The number of benzene rings is 1. The Bertz CT molecular complexity index is 528. The molecule has 1 aromatic carbocycles. The average molecular weight is 245 g/mol. The normalized spacial score (nSPS) is 16.1. The molecule has 0 atom stereocenters. The fraction of sp³-hybridized carbons (Fsp3) is 0.467. The van der Waals surface area contributed by atoms with Gasteiger partial charge in [-0.05, 0) is 32.4 Å². The van der Waals surface area contributed by atoms with Gasteiger partial charge in [0.25, 0.3) is 0 Å². The lowest BCUT2D eigenvalue weighted by Crippen LogP contribution is -2.21. The van der Waals surface area contributed by atoms with Crippen molar-refractivity contribution in [1.29, 1.82) is 0 Å². The van der Waals surface area contributed by atoms with Gasteiger partial charge in [0.05, 0.1) is 6.10 Å². The van der Waals surface area contributed by atoms with Gasteiger partial charge in [-0.25, -0.2) is 0 Å². The quantitative estimate of drug-likeness (QED) is 0.878. The van der Waals surface area contributed by atoms with Crippen LogP contribution in [-0.2, 0) is 17.9 Å². The number of para-hydroxylation sites is 1. The molecular formula is C15H19NO2. The summed E-state index contributed by atoms with van der Waals surface area (Å²) in [6, 6.07) is 8.18. The highest BCUT2D eigenvalue weighted by atomic mass is 16.5. The first-order valence-electron chi connectivity index (χ1n) is 6.64. The third kappa shape index (κ3) is 2.16. The molecule has 1 fully saturated rings. The maximum atomic E-state index is 5.91. The summed E-state index contributed by atoms with van der Waals surface area (Å²) in [5, 5.41) is 4.40. The molecule has 1 aliphatic rings. The van der Waals surface area contributed by atoms with E-state index in [2.05, 4.69) is 11.4 Å². The van der Waals surface area contributed by atoms with Crippen molar-refractivity contribution >= 4 is 11.0 Å². The highest BCUT2D eigenvalue weighted by Crippen LogP contribution is 2.28. The minimum Gasteiger partial charge on any atom is -0.458 e. The molecular weight excluding hydrogens is 226 g/mol. The third-order valence-electron chi connectivity index (χ3n) is 3.64. The van der Waals surface area contributed by atoms with Gasteiger partial charge in [0, 0.05) is 17.5 Å². The summed E-state index contributed by atoms with van der Waals surface area (Å²) in [5.74, 6) is 0.970. The van der Waals surface area contributed by atoms with Gasteiger partial charge in [-0.3, -0.25) is 0 Å². The van der Waals surface area contributed by atoms with Gasteiger partial charge in [0.15, 0.2) is 0 Å². The molecule has 0 saturated heterocycles. The van der Waals surface area contributed by atoms with Crippen LogP contribution in [0.2, 0.25) is 0 Å². The average Bonchev–Trinajstić information content (AvgIpc) is 2.67. The Kier molecular flexibility index (Phi) is 3.35. The number of hydrogen-bond donors (Lipinski definition) is 1. The number of ether oxygens (including phenoxy) is 1. The van der Waals surface area contributed by atoms with Crippen molar-refractivity contribution in [2.45, 2.75) is 38.5 Å². The van der Waals surface area contributed by atoms with Crippen LogP contribution in [0.5, 0.6) is 0 Å². The lowest BCUT2D eigenvalue weighted by Gasteiger charge is -2.25. The topological polar surface area (TPSA) is 34.4 Å². The molecule has 1 N–H and O–H groups in total. The largest absolute Gasteiger partial charge is 0.458 e. The first-order chi connectivity index (χ1) is 8.88. The van der Waals surface area contributed by atoms with E-state index in [4.69, 9.17) is 9.15 Å². The third-order valence-corrected chi connectivity index (χ3v) is 3.64. The number of hydrogen-bond acceptors (Lipinski definition) is 3. The van der Waals surface area contributed by atoms with Crippen molar-refractivity contribution in [3.8, 4) is 0 Å². The molecule has 1 saturated carbocycles. The van der Waals surface area contributed by atoms with E-state index in [1.165, 1.54) is 30.2 Å². The van der Waals surface area contributed by atoms with E-state index in [9.17, 15) is 0 Å². The molecule has 0 spiro atoms. The summed E-state index contributed by atoms with van der Waals surface area (Å²) in [4.78, 5) is 0. The zero-order valence-electron chi connectivity index (χ0n) is 10.7. The lowest BCUT2D eigenvalue weighted by molar-refractivity contribution is -0.0156. The molecule has 0 amide bonds. The number of rotatable bonds is 5. The van der Waals surface area contributed by atoms with Crippen LogP contribution in [0.4, 0.5) is 0 Å². The fourth-order valence-corrected chi connectivity index (χ4v) is 2.37. The van der Waals surface area contributed by atoms with Gasteiger partial charge in [-0.1, -0.05) is 18.2 Å². The Labute approximate surface area is 107 Å². The van der Waals surface area contributed by atoms with Crippen LogP contribution < -0.4 is 5.32 Å². The molecule has 3 heteroatoms. The van der Waals surface area contributed by atoms with Crippen LogP contribution in [0, 0.1) is 0 Å². The van der Waals surface area contributed by atoms with Crippen molar-refractivity contribution < 1.29 is 9.15 Å². The molecule has 3 nitrogen and oxygen atoms in total. The van der Waals surface area contributed by atoms with E-state index in [0.29, 0.717) is 12.7 Å². The fourth-order valence-electron chi connectivity index (χ4n) is 2.37. The van der Waals surface area contributed by atoms with E-state index in [-0.39, 0.29) is 0 Å². The van der Waals surface area contributed by atoms with Crippen LogP contribution in [-0.4, -0.2) is 13.2 Å². The van der Waals surface area contributed by atoms with Gasteiger partial charge in [-0.15, -0.1) is 0 Å². The molecule has 0 unspecified atom stereocenters. The van der Waals surface area contributed by atoms with Crippen molar-refractivity contribution in [3.05, 3.63) is 35.6 Å². The van der Waals surface area contributed by atoms with Crippen molar-refractivity contribution in [2.75, 3.05) is 7.05 Å². The van der Waals surface area contributed by atoms with Crippen molar-refractivity contribution in [1.82, 2.24) is 5.32 Å². The zero-order valence-corrected chi connectivity index (χ0v) is 10.7. The summed E-state index contributed by atoms with van der Waals surface area (Å²) < 4.78 is 11.8. The summed E-state index contributed by atoms with van der Waals surface area (Å²) >= 11 is 0. The first-order valence-corrected chi connectivity index (χ1v) is 6.64. The van der Waals surface area contributed by atoms with E-state index in [1.807, 2.05) is 25.2 Å². The minimum absolute atomic E-state index is 0.445.